The second-order valence-corrected chi connectivity index (χ2v) is 11.9. The molecule has 0 saturated heterocycles. The van der Waals surface area contributed by atoms with Gasteiger partial charge in [-0.2, -0.15) is 0 Å². The van der Waals surface area contributed by atoms with Gasteiger partial charge < -0.3 is 20.4 Å². The average Bonchev–Trinajstić information content (AvgIpc) is 3.61. The first-order valence-electron chi connectivity index (χ1n) is 13.0. The van der Waals surface area contributed by atoms with Crippen molar-refractivity contribution >= 4 is 39.9 Å². The van der Waals surface area contributed by atoms with Crippen LogP contribution in [0.1, 0.15) is 66.8 Å². The number of benzene rings is 1. The molecule has 2 aromatic heterocycles. The highest BCUT2D eigenvalue weighted by atomic mass is 32.2. The van der Waals surface area contributed by atoms with E-state index in [1.807, 2.05) is 35.8 Å². The summed E-state index contributed by atoms with van der Waals surface area (Å²) >= 11 is 2.81. The number of hydrogen-bond acceptors (Lipinski definition) is 7. The van der Waals surface area contributed by atoms with Gasteiger partial charge in [0, 0.05) is 17.0 Å². The van der Waals surface area contributed by atoms with E-state index in [1.54, 1.807) is 0 Å². The number of anilines is 1. The molecule has 3 aromatic rings. The standard InChI is InChI=1S/C27H33N5O3S2/c1-3-32-25(17-9-11-19(12-10-17)35-18-6-4-5-7-18)30-31-27(32)36-15-22(33)29-26-23(24(28)34)20-13-8-16(2)14-21(20)37-26/h9-12,16,18H,3-8,13-15H2,1-2H3,(H2,28,34)(H,29,33). The number of carbonyl (C=O) groups excluding carboxylic acids is 2. The topological polar surface area (TPSA) is 112 Å². The zero-order valence-corrected chi connectivity index (χ0v) is 22.9. The van der Waals surface area contributed by atoms with Crippen molar-refractivity contribution in [1.29, 1.82) is 0 Å². The maximum absolute atomic E-state index is 12.8. The van der Waals surface area contributed by atoms with E-state index in [1.165, 1.54) is 35.9 Å². The molecule has 196 valence electrons. The number of thiophene rings is 1. The van der Waals surface area contributed by atoms with Crippen LogP contribution in [0.2, 0.25) is 0 Å². The number of amides is 2. The molecule has 0 bridgehead atoms. The monoisotopic (exact) mass is 539 g/mol. The van der Waals surface area contributed by atoms with Crippen LogP contribution in [0.3, 0.4) is 0 Å². The van der Waals surface area contributed by atoms with Crippen molar-refractivity contribution in [1.82, 2.24) is 14.8 Å². The molecule has 8 nitrogen and oxygen atoms in total. The van der Waals surface area contributed by atoms with Crippen molar-refractivity contribution in [2.45, 2.75) is 76.6 Å². The number of nitrogens with zero attached hydrogens (tertiary/aromatic N) is 3. The van der Waals surface area contributed by atoms with Crippen molar-refractivity contribution in [2.24, 2.45) is 11.7 Å². The summed E-state index contributed by atoms with van der Waals surface area (Å²) in [5.74, 6) is 1.68. The normalized spacial score (nSPS) is 17.5. The third-order valence-corrected chi connectivity index (χ3v) is 9.23. The lowest BCUT2D eigenvalue weighted by atomic mass is 9.88. The largest absolute Gasteiger partial charge is 0.490 e. The second-order valence-electron chi connectivity index (χ2n) is 9.86. The molecule has 1 unspecified atom stereocenters. The fourth-order valence-electron chi connectivity index (χ4n) is 5.17. The van der Waals surface area contributed by atoms with E-state index in [2.05, 4.69) is 22.4 Å². The Balaban J connectivity index is 1.24. The minimum Gasteiger partial charge on any atom is -0.490 e. The van der Waals surface area contributed by atoms with Crippen molar-refractivity contribution in [3.8, 4) is 17.1 Å². The summed E-state index contributed by atoms with van der Waals surface area (Å²) in [5.41, 5.74) is 8.12. The van der Waals surface area contributed by atoms with Gasteiger partial charge in [0.25, 0.3) is 5.91 Å². The molecule has 2 amide bonds. The van der Waals surface area contributed by atoms with E-state index in [4.69, 9.17) is 10.5 Å². The molecule has 2 aliphatic carbocycles. The number of aromatic nitrogens is 3. The van der Waals surface area contributed by atoms with Gasteiger partial charge in [0.15, 0.2) is 11.0 Å². The molecule has 0 aliphatic heterocycles. The van der Waals surface area contributed by atoms with Crippen LogP contribution < -0.4 is 15.8 Å². The minimum atomic E-state index is -0.481. The Hall–Kier alpha value is -2.85. The fraction of sp³-hybridized carbons (Fsp3) is 0.481. The Morgan fingerprint density at radius 1 is 1.19 bits per heavy atom. The highest BCUT2D eigenvalue weighted by Gasteiger charge is 2.27. The van der Waals surface area contributed by atoms with Gasteiger partial charge in [0.1, 0.15) is 10.8 Å². The minimum absolute atomic E-state index is 0.156. The molecule has 1 aromatic carbocycles. The molecule has 1 atom stereocenters. The van der Waals surface area contributed by atoms with Gasteiger partial charge in [-0.05, 0) is 87.6 Å². The Kier molecular flexibility index (Phi) is 7.85. The molecule has 0 spiro atoms. The lowest BCUT2D eigenvalue weighted by Gasteiger charge is -2.18. The maximum atomic E-state index is 12.8. The molecule has 1 fully saturated rings. The van der Waals surface area contributed by atoms with E-state index in [-0.39, 0.29) is 11.7 Å². The van der Waals surface area contributed by atoms with E-state index in [0.29, 0.717) is 34.3 Å². The second kappa shape index (κ2) is 11.3. The molecular formula is C27H33N5O3S2. The summed E-state index contributed by atoms with van der Waals surface area (Å²) in [5, 5.41) is 12.9. The summed E-state index contributed by atoms with van der Waals surface area (Å²) in [7, 11) is 0. The number of fused-ring (bicyclic) bond motifs is 1. The Bertz CT molecular complexity index is 1280. The van der Waals surface area contributed by atoms with Crippen LogP contribution in [-0.4, -0.2) is 38.4 Å². The molecular weight excluding hydrogens is 506 g/mol. The van der Waals surface area contributed by atoms with Crippen LogP contribution in [-0.2, 0) is 24.2 Å². The first kappa shape index (κ1) is 25.8. The Morgan fingerprint density at radius 3 is 2.65 bits per heavy atom. The molecule has 37 heavy (non-hydrogen) atoms. The lowest BCUT2D eigenvalue weighted by molar-refractivity contribution is -0.113. The summed E-state index contributed by atoms with van der Waals surface area (Å²) in [6.07, 6.45) is 7.81. The molecule has 5 rings (SSSR count). The Morgan fingerprint density at radius 2 is 1.95 bits per heavy atom. The number of ether oxygens (including phenoxy) is 1. The zero-order valence-electron chi connectivity index (χ0n) is 21.3. The van der Waals surface area contributed by atoms with E-state index in [0.717, 1.165) is 59.7 Å². The van der Waals surface area contributed by atoms with Crippen molar-refractivity contribution in [3.05, 3.63) is 40.3 Å². The van der Waals surface area contributed by atoms with Gasteiger partial charge in [0.05, 0.1) is 17.4 Å². The highest BCUT2D eigenvalue weighted by Crippen LogP contribution is 2.39. The van der Waals surface area contributed by atoms with Gasteiger partial charge in [-0.1, -0.05) is 18.7 Å². The molecule has 2 aliphatic rings. The summed E-state index contributed by atoms with van der Waals surface area (Å²) in [6, 6.07) is 7.99. The summed E-state index contributed by atoms with van der Waals surface area (Å²) < 4.78 is 8.08. The smallest absolute Gasteiger partial charge is 0.251 e. The van der Waals surface area contributed by atoms with Gasteiger partial charge >= 0.3 is 0 Å². The van der Waals surface area contributed by atoms with Crippen LogP contribution in [0.4, 0.5) is 5.00 Å². The Labute approximate surface area is 225 Å². The van der Waals surface area contributed by atoms with Gasteiger partial charge in [-0.15, -0.1) is 21.5 Å². The predicted octanol–water partition coefficient (Wildman–Crippen LogP) is 5.30. The van der Waals surface area contributed by atoms with Crippen LogP contribution >= 0.6 is 23.1 Å². The maximum Gasteiger partial charge on any atom is 0.251 e. The number of hydrogen-bond donors (Lipinski definition) is 2. The number of thioether (sulfide) groups is 1. The van der Waals surface area contributed by atoms with E-state index < -0.39 is 5.91 Å². The summed E-state index contributed by atoms with van der Waals surface area (Å²) in [6.45, 7) is 4.91. The van der Waals surface area contributed by atoms with Gasteiger partial charge in [-0.3, -0.25) is 9.59 Å². The third-order valence-electron chi connectivity index (χ3n) is 7.09. The quantitative estimate of drug-likeness (QED) is 0.357. The predicted molar refractivity (Wildman–Crippen MR) is 147 cm³/mol. The first-order valence-corrected chi connectivity index (χ1v) is 14.8. The van der Waals surface area contributed by atoms with Crippen molar-refractivity contribution in [2.75, 3.05) is 11.1 Å². The molecule has 10 heteroatoms. The first-order chi connectivity index (χ1) is 17.9. The fourth-order valence-corrected chi connectivity index (χ4v) is 7.40. The van der Waals surface area contributed by atoms with Crippen LogP contribution in [0, 0.1) is 5.92 Å². The SMILES string of the molecule is CCn1c(SCC(=O)Nc2sc3c(c2C(N)=O)CCC(C)C3)nnc1-c1ccc(OC2CCCC2)cc1. The number of rotatable bonds is 9. The number of carbonyl (C=O) groups is 2. The lowest BCUT2D eigenvalue weighted by Crippen LogP contribution is -2.20. The molecule has 3 N–H and O–H groups in total. The molecule has 2 heterocycles. The summed E-state index contributed by atoms with van der Waals surface area (Å²) in [4.78, 5) is 26.2. The number of nitrogens with two attached hydrogens (primary N) is 1. The van der Waals surface area contributed by atoms with Crippen LogP contribution in [0.15, 0.2) is 29.4 Å². The average molecular weight is 540 g/mol. The number of nitrogens with one attached hydrogen (secondary N) is 1. The van der Waals surface area contributed by atoms with Gasteiger partial charge in [-0.25, -0.2) is 0 Å². The zero-order chi connectivity index (χ0) is 25.9. The van der Waals surface area contributed by atoms with E-state index in [9.17, 15) is 9.59 Å². The molecule has 0 radical (unpaired) electrons. The van der Waals surface area contributed by atoms with Gasteiger partial charge in [0.2, 0.25) is 5.91 Å². The van der Waals surface area contributed by atoms with Crippen LogP contribution in [0.25, 0.3) is 11.4 Å². The highest BCUT2D eigenvalue weighted by molar-refractivity contribution is 7.99. The molecule has 1 saturated carbocycles. The van der Waals surface area contributed by atoms with Crippen molar-refractivity contribution in [3.63, 3.8) is 0 Å². The number of primary amides is 1. The van der Waals surface area contributed by atoms with Crippen molar-refractivity contribution < 1.29 is 14.3 Å². The van der Waals surface area contributed by atoms with Crippen LogP contribution in [0.5, 0.6) is 5.75 Å². The third kappa shape index (κ3) is 5.70. The van der Waals surface area contributed by atoms with E-state index >= 15 is 0 Å².